The maximum Gasteiger partial charge on any atom is 0.258 e. The second-order valence-electron chi connectivity index (χ2n) is 6.71. The Morgan fingerprint density at radius 1 is 1.25 bits per heavy atom. The quantitative estimate of drug-likeness (QED) is 0.467. The average molecular weight is 378 g/mol. The fourth-order valence-corrected chi connectivity index (χ4v) is 3.30. The molecule has 1 aliphatic rings. The number of amides is 1. The molecule has 0 radical (unpaired) electrons. The standard InChI is InChI=1S/C20H22N6O2/c1-13-16(14(2)26(25-13)15-7-4-3-5-8-15)12-21-24-20(27)18-11-17(22-23-18)19-9-6-10-28-19/h3-10,12,17-18,22-23H,11H2,1-2H3,(H,24,27)/b21-12+. The number of aromatic nitrogens is 2. The molecule has 3 aromatic rings. The first kappa shape index (κ1) is 18.1. The normalized spacial score (nSPS) is 19.4. The van der Waals surface area contributed by atoms with Gasteiger partial charge in [-0.05, 0) is 44.5 Å². The van der Waals surface area contributed by atoms with Crippen molar-refractivity contribution >= 4 is 12.1 Å². The van der Waals surface area contributed by atoms with E-state index in [1.54, 1.807) is 12.5 Å². The fraction of sp³-hybridized carbons (Fsp3) is 0.250. The molecule has 1 amide bonds. The number of para-hydroxylation sites is 1. The van der Waals surface area contributed by atoms with E-state index in [0.717, 1.165) is 28.4 Å². The van der Waals surface area contributed by atoms with Gasteiger partial charge in [-0.25, -0.2) is 21.0 Å². The molecule has 8 heteroatoms. The molecule has 0 aliphatic carbocycles. The highest BCUT2D eigenvalue weighted by atomic mass is 16.3. The Hall–Kier alpha value is -3.23. The zero-order valence-electron chi connectivity index (χ0n) is 15.7. The predicted octanol–water partition coefficient (Wildman–Crippen LogP) is 2.14. The Balaban J connectivity index is 1.40. The SMILES string of the molecule is Cc1nn(-c2ccccc2)c(C)c1/C=N/NC(=O)C1CC(c2ccco2)NN1. The first-order valence-electron chi connectivity index (χ1n) is 9.12. The van der Waals surface area contributed by atoms with Gasteiger partial charge in [0.05, 0.1) is 35.6 Å². The molecule has 0 spiro atoms. The summed E-state index contributed by atoms with van der Waals surface area (Å²) in [6, 6.07) is 13.2. The molecule has 0 bridgehead atoms. The summed E-state index contributed by atoms with van der Waals surface area (Å²) in [6.07, 6.45) is 3.84. The van der Waals surface area contributed by atoms with Crippen LogP contribution in [0.2, 0.25) is 0 Å². The van der Waals surface area contributed by atoms with Crippen molar-refractivity contribution < 1.29 is 9.21 Å². The molecule has 2 unspecified atom stereocenters. The van der Waals surface area contributed by atoms with Crippen LogP contribution in [0.15, 0.2) is 58.2 Å². The van der Waals surface area contributed by atoms with E-state index in [-0.39, 0.29) is 18.0 Å². The summed E-state index contributed by atoms with van der Waals surface area (Å²) in [5.74, 6) is 0.592. The third-order valence-corrected chi connectivity index (χ3v) is 4.82. The lowest BCUT2D eigenvalue weighted by Gasteiger charge is -2.06. The van der Waals surface area contributed by atoms with Gasteiger partial charge < -0.3 is 4.42 Å². The summed E-state index contributed by atoms with van der Waals surface area (Å²) < 4.78 is 7.25. The lowest BCUT2D eigenvalue weighted by Crippen LogP contribution is -2.41. The molecule has 28 heavy (non-hydrogen) atoms. The minimum absolute atomic E-state index is 0.0386. The fourth-order valence-electron chi connectivity index (χ4n) is 3.30. The van der Waals surface area contributed by atoms with Crippen LogP contribution in [0.1, 0.15) is 35.2 Å². The molecule has 2 atom stereocenters. The van der Waals surface area contributed by atoms with Gasteiger partial charge in [-0.1, -0.05) is 18.2 Å². The lowest BCUT2D eigenvalue weighted by atomic mass is 10.1. The number of carbonyl (C=O) groups is 1. The van der Waals surface area contributed by atoms with Crippen LogP contribution in [0, 0.1) is 13.8 Å². The maximum atomic E-state index is 12.4. The van der Waals surface area contributed by atoms with Crippen molar-refractivity contribution in [1.82, 2.24) is 26.1 Å². The van der Waals surface area contributed by atoms with Crippen molar-refractivity contribution in [2.45, 2.75) is 32.4 Å². The average Bonchev–Trinajstić information content (AvgIpc) is 3.45. The number of hydrazone groups is 1. The van der Waals surface area contributed by atoms with Crippen molar-refractivity contribution in [1.29, 1.82) is 0 Å². The summed E-state index contributed by atoms with van der Waals surface area (Å²) in [5, 5.41) is 8.71. The number of nitrogens with one attached hydrogen (secondary N) is 3. The van der Waals surface area contributed by atoms with Crippen molar-refractivity contribution in [2.24, 2.45) is 5.10 Å². The third kappa shape index (κ3) is 3.60. The predicted molar refractivity (Wildman–Crippen MR) is 105 cm³/mol. The minimum Gasteiger partial charge on any atom is -0.468 e. The third-order valence-electron chi connectivity index (χ3n) is 4.82. The first-order valence-corrected chi connectivity index (χ1v) is 9.12. The van der Waals surface area contributed by atoms with E-state index in [1.165, 1.54) is 0 Å². The summed E-state index contributed by atoms with van der Waals surface area (Å²) in [4.78, 5) is 12.4. The summed E-state index contributed by atoms with van der Waals surface area (Å²) in [5.41, 5.74) is 12.3. The van der Waals surface area contributed by atoms with E-state index < -0.39 is 0 Å². The molecule has 1 fully saturated rings. The number of nitrogens with zero attached hydrogens (tertiary/aromatic N) is 3. The second kappa shape index (κ2) is 7.79. The number of furan rings is 1. The smallest absolute Gasteiger partial charge is 0.258 e. The number of hydrazine groups is 1. The van der Waals surface area contributed by atoms with Gasteiger partial charge in [0.1, 0.15) is 11.8 Å². The molecule has 0 saturated carbocycles. The van der Waals surface area contributed by atoms with Gasteiger partial charge in [0, 0.05) is 5.56 Å². The van der Waals surface area contributed by atoms with Crippen LogP contribution in [0.3, 0.4) is 0 Å². The molecule has 1 aromatic carbocycles. The number of carbonyl (C=O) groups excluding carboxylic acids is 1. The van der Waals surface area contributed by atoms with Gasteiger partial charge in [-0.2, -0.15) is 10.2 Å². The number of rotatable bonds is 5. The topological polar surface area (TPSA) is 96.5 Å². The van der Waals surface area contributed by atoms with Gasteiger partial charge in [-0.15, -0.1) is 0 Å². The highest BCUT2D eigenvalue weighted by molar-refractivity contribution is 5.86. The Morgan fingerprint density at radius 2 is 2.07 bits per heavy atom. The van der Waals surface area contributed by atoms with E-state index in [1.807, 2.05) is 61.0 Å². The number of hydrogen-bond donors (Lipinski definition) is 3. The molecule has 8 nitrogen and oxygen atoms in total. The minimum atomic E-state index is -0.388. The van der Waals surface area contributed by atoms with E-state index in [0.29, 0.717) is 6.42 Å². The van der Waals surface area contributed by atoms with Crippen LogP contribution in [0.25, 0.3) is 5.69 Å². The second-order valence-corrected chi connectivity index (χ2v) is 6.71. The van der Waals surface area contributed by atoms with Gasteiger partial charge >= 0.3 is 0 Å². The van der Waals surface area contributed by atoms with Crippen LogP contribution in [0.5, 0.6) is 0 Å². The molecular formula is C20H22N6O2. The van der Waals surface area contributed by atoms with Gasteiger partial charge in [0.2, 0.25) is 0 Å². The Morgan fingerprint density at radius 3 is 2.82 bits per heavy atom. The van der Waals surface area contributed by atoms with E-state index >= 15 is 0 Å². The van der Waals surface area contributed by atoms with Gasteiger partial charge in [-0.3, -0.25) is 4.79 Å². The van der Waals surface area contributed by atoms with Gasteiger partial charge in [0.25, 0.3) is 5.91 Å². The number of benzene rings is 1. The largest absolute Gasteiger partial charge is 0.468 e. The molecule has 3 N–H and O–H groups in total. The highest BCUT2D eigenvalue weighted by Gasteiger charge is 2.31. The number of aryl methyl sites for hydroxylation is 1. The lowest BCUT2D eigenvalue weighted by molar-refractivity contribution is -0.122. The molecule has 144 valence electrons. The van der Waals surface area contributed by atoms with E-state index in [9.17, 15) is 4.79 Å². The van der Waals surface area contributed by atoms with Crippen molar-refractivity contribution in [3.63, 3.8) is 0 Å². The maximum absolute atomic E-state index is 12.4. The monoisotopic (exact) mass is 378 g/mol. The summed E-state index contributed by atoms with van der Waals surface area (Å²) in [6.45, 7) is 3.90. The Labute approximate surface area is 162 Å². The zero-order valence-corrected chi connectivity index (χ0v) is 15.7. The van der Waals surface area contributed by atoms with Crippen molar-refractivity contribution in [3.8, 4) is 5.69 Å². The molecular weight excluding hydrogens is 356 g/mol. The first-order chi connectivity index (χ1) is 13.6. The van der Waals surface area contributed by atoms with Crippen LogP contribution in [-0.4, -0.2) is 27.9 Å². The zero-order chi connectivity index (χ0) is 19.5. The van der Waals surface area contributed by atoms with Crippen LogP contribution in [0.4, 0.5) is 0 Å². The van der Waals surface area contributed by atoms with Gasteiger partial charge in [0.15, 0.2) is 0 Å². The van der Waals surface area contributed by atoms with Crippen LogP contribution >= 0.6 is 0 Å². The van der Waals surface area contributed by atoms with Crippen molar-refractivity contribution in [2.75, 3.05) is 0 Å². The van der Waals surface area contributed by atoms with Crippen LogP contribution in [-0.2, 0) is 4.79 Å². The molecule has 1 aliphatic heterocycles. The van der Waals surface area contributed by atoms with Crippen molar-refractivity contribution in [3.05, 3.63) is 71.4 Å². The molecule has 1 saturated heterocycles. The Bertz CT molecular complexity index is 978. The molecule has 4 rings (SSSR count). The van der Waals surface area contributed by atoms with E-state index in [4.69, 9.17) is 4.42 Å². The molecule has 3 heterocycles. The highest BCUT2D eigenvalue weighted by Crippen LogP contribution is 2.22. The molecule has 2 aromatic heterocycles. The Kier molecular flexibility index (Phi) is 5.05. The summed E-state index contributed by atoms with van der Waals surface area (Å²) >= 11 is 0. The van der Waals surface area contributed by atoms with E-state index in [2.05, 4.69) is 26.5 Å². The number of hydrogen-bond acceptors (Lipinski definition) is 6. The van der Waals surface area contributed by atoms with Crippen LogP contribution < -0.4 is 16.3 Å². The summed E-state index contributed by atoms with van der Waals surface area (Å²) in [7, 11) is 0.